The summed E-state index contributed by atoms with van der Waals surface area (Å²) in [5, 5.41) is 0. The quantitative estimate of drug-likeness (QED) is 0.734. The zero-order valence-corrected chi connectivity index (χ0v) is 9.62. The van der Waals surface area contributed by atoms with E-state index in [0.717, 1.165) is 0 Å². The first-order valence-electron chi connectivity index (χ1n) is 5.12. The molecule has 0 atom stereocenters. The van der Waals surface area contributed by atoms with Crippen LogP contribution in [0.15, 0.2) is 0 Å². The Kier molecular flexibility index (Phi) is 6.28. The lowest BCUT2D eigenvalue weighted by atomic mass is 10.2. The van der Waals surface area contributed by atoms with E-state index in [2.05, 4.69) is 0 Å². The van der Waals surface area contributed by atoms with Crippen LogP contribution in [0.4, 0.5) is 4.79 Å². The summed E-state index contributed by atoms with van der Waals surface area (Å²) in [6.45, 7) is 9.40. The van der Waals surface area contributed by atoms with Gasteiger partial charge in [-0.1, -0.05) is 13.8 Å². The van der Waals surface area contributed by atoms with Crippen molar-refractivity contribution in [1.29, 1.82) is 0 Å². The first kappa shape index (κ1) is 13.2. The highest BCUT2D eigenvalue weighted by Crippen LogP contribution is 2.02. The molecule has 4 nitrogen and oxygen atoms in total. The van der Waals surface area contributed by atoms with Crippen molar-refractivity contribution in [3.8, 4) is 0 Å². The standard InChI is InChI=1S/C10H22N2O2/c1-8(2)7-14-10(13)12(6-5-11)9(3)4/h8-9H,5-7,11H2,1-4H3. The third-order valence-electron chi connectivity index (χ3n) is 1.77. The maximum atomic E-state index is 11.5. The van der Waals surface area contributed by atoms with Gasteiger partial charge in [0.1, 0.15) is 0 Å². The average molecular weight is 202 g/mol. The van der Waals surface area contributed by atoms with Gasteiger partial charge in [0.15, 0.2) is 0 Å². The second kappa shape index (κ2) is 6.65. The molecule has 1 amide bonds. The van der Waals surface area contributed by atoms with E-state index in [1.54, 1.807) is 4.90 Å². The third-order valence-corrected chi connectivity index (χ3v) is 1.77. The van der Waals surface area contributed by atoms with E-state index < -0.39 is 0 Å². The Morgan fingerprint density at radius 1 is 1.36 bits per heavy atom. The van der Waals surface area contributed by atoms with Crippen LogP contribution in [-0.2, 0) is 4.74 Å². The van der Waals surface area contributed by atoms with Gasteiger partial charge in [0.05, 0.1) is 6.61 Å². The number of hydrogen-bond donors (Lipinski definition) is 1. The SMILES string of the molecule is CC(C)COC(=O)N(CCN)C(C)C. The highest BCUT2D eigenvalue weighted by atomic mass is 16.6. The maximum absolute atomic E-state index is 11.5. The third kappa shape index (κ3) is 5.07. The fourth-order valence-corrected chi connectivity index (χ4v) is 1.02. The molecule has 0 spiro atoms. The molecule has 84 valence electrons. The summed E-state index contributed by atoms with van der Waals surface area (Å²) in [4.78, 5) is 13.2. The van der Waals surface area contributed by atoms with Crippen molar-refractivity contribution in [1.82, 2.24) is 4.90 Å². The van der Waals surface area contributed by atoms with Crippen LogP contribution in [0.25, 0.3) is 0 Å². The number of nitrogens with zero attached hydrogens (tertiary/aromatic N) is 1. The summed E-state index contributed by atoms with van der Waals surface area (Å²) in [6, 6.07) is 0.137. The molecule has 0 bridgehead atoms. The van der Waals surface area contributed by atoms with Crippen LogP contribution in [0.1, 0.15) is 27.7 Å². The Labute approximate surface area is 86.4 Å². The fourth-order valence-electron chi connectivity index (χ4n) is 1.02. The molecule has 0 aliphatic carbocycles. The van der Waals surface area contributed by atoms with E-state index in [0.29, 0.717) is 25.6 Å². The van der Waals surface area contributed by atoms with E-state index in [-0.39, 0.29) is 12.1 Å². The molecule has 0 aromatic rings. The van der Waals surface area contributed by atoms with E-state index in [4.69, 9.17) is 10.5 Å². The molecule has 0 aliphatic rings. The molecule has 0 unspecified atom stereocenters. The molecular formula is C10H22N2O2. The highest BCUT2D eigenvalue weighted by Gasteiger charge is 2.17. The predicted octanol–water partition coefficient (Wildman–Crippen LogP) is 1.45. The average Bonchev–Trinajstić information content (AvgIpc) is 2.09. The van der Waals surface area contributed by atoms with Gasteiger partial charge < -0.3 is 15.4 Å². The minimum atomic E-state index is -0.265. The largest absolute Gasteiger partial charge is 0.449 e. The summed E-state index contributed by atoms with van der Waals surface area (Å²) in [5.74, 6) is 0.367. The van der Waals surface area contributed by atoms with Gasteiger partial charge in [0.25, 0.3) is 0 Å². The van der Waals surface area contributed by atoms with Crippen LogP contribution in [0, 0.1) is 5.92 Å². The summed E-state index contributed by atoms with van der Waals surface area (Å²) in [5.41, 5.74) is 5.41. The normalized spacial score (nSPS) is 10.8. The van der Waals surface area contributed by atoms with Crippen molar-refractivity contribution in [2.75, 3.05) is 19.7 Å². The first-order chi connectivity index (χ1) is 6.49. The number of carbonyl (C=O) groups excluding carboxylic acids is 1. The number of amides is 1. The lowest BCUT2D eigenvalue weighted by molar-refractivity contribution is 0.0834. The van der Waals surface area contributed by atoms with Crippen LogP contribution in [-0.4, -0.2) is 36.7 Å². The lowest BCUT2D eigenvalue weighted by Crippen LogP contribution is -2.41. The van der Waals surface area contributed by atoms with Gasteiger partial charge in [-0.15, -0.1) is 0 Å². The van der Waals surface area contributed by atoms with Crippen LogP contribution in [0.2, 0.25) is 0 Å². The molecule has 0 aliphatic heterocycles. The molecule has 0 aromatic carbocycles. The van der Waals surface area contributed by atoms with Crippen LogP contribution in [0.3, 0.4) is 0 Å². The highest BCUT2D eigenvalue weighted by molar-refractivity contribution is 5.67. The van der Waals surface area contributed by atoms with Crippen molar-refractivity contribution < 1.29 is 9.53 Å². The maximum Gasteiger partial charge on any atom is 0.410 e. The van der Waals surface area contributed by atoms with Crippen LogP contribution < -0.4 is 5.73 Å². The number of rotatable bonds is 5. The zero-order valence-electron chi connectivity index (χ0n) is 9.62. The Balaban J connectivity index is 4.02. The van der Waals surface area contributed by atoms with Crippen molar-refractivity contribution in [2.45, 2.75) is 33.7 Å². The number of hydrogen-bond acceptors (Lipinski definition) is 3. The predicted molar refractivity (Wildman–Crippen MR) is 57.1 cm³/mol. The number of carbonyl (C=O) groups is 1. The van der Waals surface area contributed by atoms with Crippen LogP contribution in [0.5, 0.6) is 0 Å². The molecule has 14 heavy (non-hydrogen) atoms. The van der Waals surface area contributed by atoms with Gasteiger partial charge in [0.2, 0.25) is 0 Å². The zero-order chi connectivity index (χ0) is 11.1. The molecule has 0 saturated carbocycles. The van der Waals surface area contributed by atoms with Gasteiger partial charge in [-0.2, -0.15) is 0 Å². The molecule has 0 aromatic heterocycles. The van der Waals surface area contributed by atoms with Gasteiger partial charge >= 0.3 is 6.09 Å². The molecule has 0 rings (SSSR count). The lowest BCUT2D eigenvalue weighted by Gasteiger charge is -2.25. The minimum absolute atomic E-state index is 0.137. The Hall–Kier alpha value is -0.770. The molecule has 2 N–H and O–H groups in total. The summed E-state index contributed by atoms with van der Waals surface area (Å²) in [6.07, 6.45) is -0.265. The number of nitrogens with two attached hydrogens (primary N) is 1. The van der Waals surface area contributed by atoms with Crippen molar-refractivity contribution in [2.24, 2.45) is 11.7 Å². The summed E-state index contributed by atoms with van der Waals surface area (Å²) in [7, 11) is 0. The van der Waals surface area contributed by atoms with Crippen molar-refractivity contribution >= 4 is 6.09 Å². The second-order valence-corrected chi connectivity index (χ2v) is 4.05. The number of ether oxygens (including phenoxy) is 1. The summed E-state index contributed by atoms with van der Waals surface area (Å²) < 4.78 is 5.11. The van der Waals surface area contributed by atoms with Crippen LogP contribution >= 0.6 is 0 Å². The Bertz CT molecular complexity index is 170. The van der Waals surface area contributed by atoms with E-state index >= 15 is 0 Å². The Morgan fingerprint density at radius 3 is 2.29 bits per heavy atom. The monoisotopic (exact) mass is 202 g/mol. The Morgan fingerprint density at radius 2 is 1.93 bits per heavy atom. The van der Waals surface area contributed by atoms with Crippen molar-refractivity contribution in [3.63, 3.8) is 0 Å². The van der Waals surface area contributed by atoms with Gasteiger partial charge in [-0.3, -0.25) is 0 Å². The minimum Gasteiger partial charge on any atom is -0.449 e. The molecule has 0 saturated heterocycles. The van der Waals surface area contributed by atoms with E-state index in [9.17, 15) is 4.79 Å². The summed E-state index contributed by atoms with van der Waals surface area (Å²) >= 11 is 0. The first-order valence-corrected chi connectivity index (χ1v) is 5.12. The molecular weight excluding hydrogens is 180 g/mol. The molecule has 0 radical (unpaired) electrons. The van der Waals surface area contributed by atoms with Gasteiger partial charge in [-0.05, 0) is 19.8 Å². The smallest absolute Gasteiger partial charge is 0.410 e. The van der Waals surface area contributed by atoms with E-state index in [1.165, 1.54) is 0 Å². The topological polar surface area (TPSA) is 55.6 Å². The van der Waals surface area contributed by atoms with E-state index in [1.807, 2.05) is 27.7 Å². The molecule has 0 heterocycles. The second-order valence-electron chi connectivity index (χ2n) is 4.05. The molecule has 0 fully saturated rings. The molecule has 4 heteroatoms. The van der Waals surface area contributed by atoms with Crippen molar-refractivity contribution in [3.05, 3.63) is 0 Å². The van der Waals surface area contributed by atoms with Gasteiger partial charge in [-0.25, -0.2) is 4.79 Å². The van der Waals surface area contributed by atoms with Gasteiger partial charge in [0, 0.05) is 19.1 Å². The fraction of sp³-hybridized carbons (Fsp3) is 0.900.